The van der Waals surface area contributed by atoms with E-state index >= 15 is 0 Å². The van der Waals surface area contributed by atoms with Crippen LogP contribution < -0.4 is 15.8 Å². The number of nitrogen functional groups attached to an aromatic ring is 1. The van der Waals surface area contributed by atoms with Gasteiger partial charge in [-0.1, -0.05) is 0 Å². The van der Waals surface area contributed by atoms with Crippen LogP contribution in [0.5, 0.6) is 5.75 Å². The van der Waals surface area contributed by atoms with Gasteiger partial charge in [0.25, 0.3) is 0 Å². The van der Waals surface area contributed by atoms with E-state index in [0.29, 0.717) is 11.4 Å². The molecule has 8 nitrogen and oxygen atoms in total. The van der Waals surface area contributed by atoms with Crippen LogP contribution in [0.4, 0.5) is 5.69 Å². The lowest BCUT2D eigenvalue weighted by Crippen LogP contribution is -2.65. The van der Waals surface area contributed by atoms with Crippen molar-refractivity contribution >= 4 is 11.6 Å². The zero-order chi connectivity index (χ0) is 16.3. The molecule has 1 unspecified atom stereocenters. The highest BCUT2D eigenvalue weighted by molar-refractivity contribution is 5.73. The summed E-state index contributed by atoms with van der Waals surface area (Å²) in [5, 5.41) is 31.7. The molecule has 1 amide bonds. The highest BCUT2D eigenvalue weighted by atomic mass is 16.7. The quantitative estimate of drug-likeness (QED) is 0.431. The van der Waals surface area contributed by atoms with Crippen molar-refractivity contribution in [3.8, 4) is 5.75 Å². The van der Waals surface area contributed by atoms with Gasteiger partial charge in [-0.3, -0.25) is 4.79 Å². The van der Waals surface area contributed by atoms with Crippen molar-refractivity contribution in [2.45, 2.75) is 37.6 Å². The molecule has 0 saturated carbocycles. The molecule has 122 valence electrons. The van der Waals surface area contributed by atoms with E-state index in [0.717, 1.165) is 0 Å². The van der Waals surface area contributed by atoms with E-state index in [4.69, 9.17) is 15.2 Å². The van der Waals surface area contributed by atoms with Gasteiger partial charge in [-0.25, -0.2) is 0 Å². The number of anilines is 1. The third kappa shape index (κ3) is 3.66. The Hall–Kier alpha value is -1.87. The van der Waals surface area contributed by atoms with Crippen LogP contribution in [0.2, 0.25) is 0 Å². The first kappa shape index (κ1) is 16.5. The summed E-state index contributed by atoms with van der Waals surface area (Å²) in [7, 11) is 0. The minimum absolute atomic E-state index is 0.409. The van der Waals surface area contributed by atoms with Gasteiger partial charge < -0.3 is 35.8 Å². The van der Waals surface area contributed by atoms with Crippen LogP contribution in [0.1, 0.15) is 6.92 Å². The average Bonchev–Trinajstić information content (AvgIpc) is 2.48. The number of hydrogen-bond acceptors (Lipinski definition) is 7. The van der Waals surface area contributed by atoms with Crippen LogP contribution in [0.3, 0.4) is 0 Å². The number of ether oxygens (including phenoxy) is 2. The van der Waals surface area contributed by atoms with E-state index in [2.05, 4.69) is 5.32 Å². The van der Waals surface area contributed by atoms with E-state index in [1.165, 1.54) is 6.92 Å². The minimum atomic E-state index is -1.34. The molecule has 0 radical (unpaired) electrons. The maximum Gasteiger partial charge on any atom is 0.223 e. The number of carbonyl (C=O) groups excluding carboxylic acids is 1. The normalized spacial score (nSPS) is 31.5. The zero-order valence-electron chi connectivity index (χ0n) is 12.0. The van der Waals surface area contributed by atoms with Gasteiger partial charge in [0.15, 0.2) is 0 Å². The first-order valence-electron chi connectivity index (χ1n) is 6.84. The second-order valence-corrected chi connectivity index (χ2v) is 5.12. The number of carbonyl (C=O) groups is 1. The van der Waals surface area contributed by atoms with Crippen molar-refractivity contribution in [3.63, 3.8) is 0 Å². The fourth-order valence-electron chi connectivity index (χ4n) is 2.25. The molecular weight excluding hydrogens is 292 g/mol. The molecule has 0 aromatic heterocycles. The molecule has 5 atom stereocenters. The summed E-state index contributed by atoms with van der Waals surface area (Å²) in [6.07, 6.45) is -4.76. The maximum atomic E-state index is 11.3. The van der Waals surface area contributed by atoms with E-state index in [-0.39, 0.29) is 0 Å². The molecule has 1 aliphatic rings. The Balaban J connectivity index is 2.18. The lowest BCUT2D eigenvalue weighted by molar-refractivity contribution is -0.244. The standard InChI is InChI=1S/C14H20N2O6/c1-7(18)16-11-13(20)12(19)10(6-17)22-14(11)21-9-4-2-8(15)3-5-9/h2-5,10-14,17,19-20H,6,15H2,1H3,(H,16,18)/t10-,11-,12+,13-,14?/m1/s1. The molecule has 1 saturated heterocycles. The molecule has 2 rings (SSSR count). The molecule has 22 heavy (non-hydrogen) atoms. The monoisotopic (exact) mass is 312 g/mol. The van der Waals surface area contributed by atoms with Crippen molar-refractivity contribution in [1.29, 1.82) is 0 Å². The third-order valence-corrected chi connectivity index (χ3v) is 3.38. The average molecular weight is 312 g/mol. The Kier molecular flexibility index (Phi) is 5.19. The SMILES string of the molecule is CC(=O)N[C@H]1C(Oc2ccc(N)cc2)O[C@H](CO)[C@H](O)[C@@H]1O. The zero-order valence-corrected chi connectivity index (χ0v) is 12.0. The number of amides is 1. The van der Waals surface area contributed by atoms with Crippen LogP contribution >= 0.6 is 0 Å². The Morgan fingerprint density at radius 1 is 1.32 bits per heavy atom. The molecule has 1 aromatic carbocycles. The Morgan fingerprint density at radius 3 is 2.50 bits per heavy atom. The summed E-state index contributed by atoms with van der Waals surface area (Å²) >= 11 is 0. The Morgan fingerprint density at radius 2 is 1.95 bits per heavy atom. The first-order chi connectivity index (χ1) is 10.4. The van der Waals surface area contributed by atoms with Gasteiger partial charge in [0.1, 0.15) is 30.1 Å². The van der Waals surface area contributed by atoms with Gasteiger partial charge in [0.2, 0.25) is 12.2 Å². The highest BCUT2D eigenvalue weighted by Crippen LogP contribution is 2.24. The van der Waals surface area contributed by atoms with Crippen LogP contribution in [-0.4, -0.2) is 58.5 Å². The van der Waals surface area contributed by atoms with Crippen molar-refractivity contribution < 1.29 is 29.6 Å². The maximum absolute atomic E-state index is 11.3. The number of rotatable bonds is 4. The number of hydrogen-bond donors (Lipinski definition) is 5. The fourth-order valence-corrected chi connectivity index (χ4v) is 2.25. The summed E-state index contributed by atoms with van der Waals surface area (Å²) in [6.45, 7) is 0.782. The Bertz CT molecular complexity index is 509. The van der Waals surface area contributed by atoms with Crippen LogP contribution in [0.25, 0.3) is 0 Å². The summed E-state index contributed by atoms with van der Waals surface area (Å²) in [4.78, 5) is 11.3. The molecule has 6 N–H and O–H groups in total. The number of aliphatic hydroxyl groups is 3. The van der Waals surface area contributed by atoms with Crippen molar-refractivity contribution in [3.05, 3.63) is 24.3 Å². The van der Waals surface area contributed by atoms with E-state index in [1.807, 2.05) is 0 Å². The second-order valence-electron chi connectivity index (χ2n) is 5.12. The van der Waals surface area contributed by atoms with Gasteiger partial charge in [-0.2, -0.15) is 0 Å². The van der Waals surface area contributed by atoms with Crippen molar-refractivity contribution in [2.24, 2.45) is 0 Å². The predicted octanol–water partition coefficient (Wildman–Crippen LogP) is -1.41. The minimum Gasteiger partial charge on any atom is -0.463 e. The van der Waals surface area contributed by atoms with Crippen LogP contribution in [-0.2, 0) is 9.53 Å². The molecule has 1 aromatic rings. The molecule has 8 heteroatoms. The second kappa shape index (κ2) is 6.93. The van der Waals surface area contributed by atoms with E-state index < -0.39 is 43.2 Å². The van der Waals surface area contributed by atoms with Gasteiger partial charge >= 0.3 is 0 Å². The molecule has 1 fully saturated rings. The first-order valence-corrected chi connectivity index (χ1v) is 6.84. The number of benzene rings is 1. The van der Waals surface area contributed by atoms with Crippen molar-refractivity contribution in [1.82, 2.24) is 5.32 Å². The topological polar surface area (TPSA) is 134 Å². The lowest BCUT2D eigenvalue weighted by atomic mass is 9.97. The third-order valence-electron chi connectivity index (χ3n) is 3.38. The van der Waals surface area contributed by atoms with Gasteiger partial charge in [0, 0.05) is 12.6 Å². The van der Waals surface area contributed by atoms with Gasteiger partial charge in [0.05, 0.1) is 6.61 Å². The summed E-state index contributed by atoms with van der Waals surface area (Å²) in [5.74, 6) is 0.00281. The molecule has 0 bridgehead atoms. The summed E-state index contributed by atoms with van der Waals surface area (Å²) < 4.78 is 11.0. The number of nitrogens with two attached hydrogens (primary N) is 1. The van der Waals surface area contributed by atoms with Crippen LogP contribution in [0, 0.1) is 0 Å². The van der Waals surface area contributed by atoms with Crippen molar-refractivity contribution in [2.75, 3.05) is 12.3 Å². The molecular formula is C14H20N2O6. The highest BCUT2D eigenvalue weighted by Gasteiger charge is 2.46. The lowest BCUT2D eigenvalue weighted by Gasteiger charge is -2.42. The molecule has 0 spiro atoms. The van der Waals surface area contributed by atoms with Gasteiger partial charge in [-0.05, 0) is 24.3 Å². The summed E-state index contributed by atoms with van der Waals surface area (Å²) in [6, 6.07) is 5.48. The van der Waals surface area contributed by atoms with Gasteiger partial charge in [-0.15, -0.1) is 0 Å². The largest absolute Gasteiger partial charge is 0.463 e. The number of aliphatic hydroxyl groups excluding tert-OH is 3. The van der Waals surface area contributed by atoms with E-state index in [1.54, 1.807) is 24.3 Å². The fraction of sp³-hybridized carbons (Fsp3) is 0.500. The Labute approximate surface area is 127 Å². The predicted molar refractivity (Wildman–Crippen MR) is 76.8 cm³/mol. The number of nitrogens with one attached hydrogen (secondary N) is 1. The molecule has 0 aliphatic carbocycles. The molecule has 1 aliphatic heterocycles. The van der Waals surface area contributed by atoms with E-state index in [9.17, 15) is 20.1 Å². The smallest absolute Gasteiger partial charge is 0.223 e. The summed E-state index contributed by atoms with van der Waals surface area (Å²) in [5.41, 5.74) is 6.14. The molecule has 1 heterocycles. The van der Waals surface area contributed by atoms with Crippen LogP contribution in [0.15, 0.2) is 24.3 Å².